The van der Waals surface area contributed by atoms with Gasteiger partial charge in [-0.25, -0.2) is 0 Å². The molecule has 0 unspecified atom stereocenters. The van der Waals surface area contributed by atoms with Crippen molar-refractivity contribution < 1.29 is 27.6 Å². The molecule has 2 heterocycles. The van der Waals surface area contributed by atoms with Gasteiger partial charge in [0.15, 0.2) is 0 Å². The molecule has 0 aliphatic carbocycles. The van der Waals surface area contributed by atoms with Crippen molar-refractivity contribution in [1.29, 1.82) is 0 Å². The molecule has 2 aromatic carbocycles. The van der Waals surface area contributed by atoms with Gasteiger partial charge >= 0.3 is 6.18 Å². The number of amides is 3. The molecule has 192 valence electrons. The lowest BCUT2D eigenvalue weighted by molar-refractivity contribution is -0.137. The molecule has 1 fully saturated rings. The minimum absolute atomic E-state index is 0.0169. The predicted molar refractivity (Wildman–Crippen MR) is 132 cm³/mol. The Morgan fingerprint density at radius 1 is 0.973 bits per heavy atom. The van der Waals surface area contributed by atoms with E-state index in [1.807, 2.05) is 6.92 Å². The first-order valence-corrected chi connectivity index (χ1v) is 11.6. The molecule has 0 spiro atoms. The Morgan fingerprint density at radius 2 is 1.76 bits per heavy atom. The van der Waals surface area contributed by atoms with E-state index >= 15 is 0 Å². The number of hydrogen-bond donors (Lipinski definition) is 2. The first kappa shape index (κ1) is 25.9. The van der Waals surface area contributed by atoms with Gasteiger partial charge in [0, 0.05) is 43.4 Å². The third-order valence-electron chi connectivity index (χ3n) is 6.21. The van der Waals surface area contributed by atoms with Crippen LogP contribution in [0.4, 0.5) is 24.5 Å². The minimum Gasteiger partial charge on any atom is -0.338 e. The fourth-order valence-electron chi connectivity index (χ4n) is 4.41. The smallest absolute Gasteiger partial charge is 0.338 e. The lowest BCUT2D eigenvalue weighted by Crippen LogP contribution is -2.28. The molecule has 37 heavy (non-hydrogen) atoms. The average Bonchev–Trinajstić information content (AvgIpc) is 3.33. The number of carbonyl (C=O) groups excluding carboxylic acids is 3. The van der Waals surface area contributed by atoms with Crippen LogP contribution in [-0.4, -0.2) is 40.7 Å². The Labute approximate surface area is 211 Å². The molecule has 0 bridgehead atoms. The van der Waals surface area contributed by atoms with Crippen molar-refractivity contribution in [2.75, 3.05) is 23.7 Å². The second kappa shape index (κ2) is 10.4. The largest absolute Gasteiger partial charge is 0.416 e. The summed E-state index contributed by atoms with van der Waals surface area (Å²) >= 11 is 0. The summed E-state index contributed by atoms with van der Waals surface area (Å²) in [4.78, 5) is 42.9. The van der Waals surface area contributed by atoms with E-state index in [1.54, 1.807) is 29.2 Å². The third kappa shape index (κ3) is 6.14. The summed E-state index contributed by atoms with van der Waals surface area (Å²) in [5.41, 5.74) is 2.16. The first-order valence-electron chi connectivity index (χ1n) is 11.6. The summed E-state index contributed by atoms with van der Waals surface area (Å²) in [5, 5.41) is 5.15. The molecule has 2 N–H and O–H groups in total. The number of likely N-dealkylation sites (tertiary alicyclic amines) is 1. The highest BCUT2D eigenvalue weighted by Gasteiger charge is 2.31. The van der Waals surface area contributed by atoms with Crippen molar-refractivity contribution in [3.05, 3.63) is 88.7 Å². The SMILES string of the molecule is CC(=O)Nc1cncc(C(=O)N2CC[C@@H](c3cc(C(=O)Nc4cccc(C(F)(F)F)c4)ccc3C)C2)c1. The van der Waals surface area contributed by atoms with Crippen LogP contribution in [0.3, 0.4) is 0 Å². The molecular formula is C27H25F3N4O3. The van der Waals surface area contributed by atoms with Crippen molar-refractivity contribution in [1.82, 2.24) is 9.88 Å². The van der Waals surface area contributed by atoms with Gasteiger partial charge < -0.3 is 15.5 Å². The van der Waals surface area contributed by atoms with Crippen LogP contribution in [-0.2, 0) is 11.0 Å². The van der Waals surface area contributed by atoms with Gasteiger partial charge in [0.05, 0.1) is 23.0 Å². The molecule has 1 saturated heterocycles. The van der Waals surface area contributed by atoms with Crippen LogP contribution in [0.2, 0.25) is 0 Å². The van der Waals surface area contributed by atoms with Gasteiger partial charge in [0.25, 0.3) is 11.8 Å². The van der Waals surface area contributed by atoms with Crippen LogP contribution in [0, 0.1) is 6.92 Å². The van der Waals surface area contributed by atoms with Crippen LogP contribution in [0.1, 0.15) is 56.7 Å². The van der Waals surface area contributed by atoms with E-state index in [-0.39, 0.29) is 23.4 Å². The molecule has 3 amide bonds. The van der Waals surface area contributed by atoms with Gasteiger partial charge in [0.2, 0.25) is 5.91 Å². The Morgan fingerprint density at radius 3 is 2.49 bits per heavy atom. The number of alkyl halides is 3. The molecule has 7 nitrogen and oxygen atoms in total. The average molecular weight is 511 g/mol. The topological polar surface area (TPSA) is 91.4 Å². The Kier molecular flexibility index (Phi) is 7.28. The molecular weight excluding hydrogens is 485 g/mol. The Bertz CT molecular complexity index is 1360. The Hall–Kier alpha value is -4.21. The summed E-state index contributed by atoms with van der Waals surface area (Å²) in [7, 11) is 0. The number of nitrogens with zero attached hydrogens (tertiary/aromatic N) is 2. The number of benzene rings is 2. The first-order chi connectivity index (χ1) is 17.5. The number of anilines is 2. The fourth-order valence-corrected chi connectivity index (χ4v) is 4.41. The van der Waals surface area contributed by atoms with Crippen LogP contribution < -0.4 is 10.6 Å². The molecule has 1 atom stereocenters. The molecule has 1 aromatic heterocycles. The standard InChI is InChI=1S/C27H25F3N4O3/c1-16-6-7-18(25(36)33-22-5-3-4-21(12-22)27(28,29)30)11-24(16)19-8-9-34(15-19)26(37)20-10-23(14-31-13-20)32-17(2)35/h3-7,10-14,19H,8-9,15H2,1-2H3,(H,32,35)(H,33,36)/t19-/m1/s1. The summed E-state index contributed by atoms with van der Waals surface area (Å²) in [6, 6.07) is 11.2. The van der Waals surface area contributed by atoms with Crippen molar-refractivity contribution in [2.45, 2.75) is 32.4 Å². The second-order valence-electron chi connectivity index (χ2n) is 8.98. The number of nitrogens with one attached hydrogen (secondary N) is 2. The molecule has 1 aliphatic rings. The molecule has 0 radical (unpaired) electrons. The predicted octanol–water partition coefficient (Wildman–Crippen LogP) is 5.25. The van der Waals surface area contributed by atoms with Crippen molar-refractivity contribution in [3.63, 3.8) is 0 Å². The Balaban J connectivity index is 1.47. The minimum atomic E-state index is -4.51. The highest BCUT2D eigenvalue weighted by Crippen LogP contribution is 2.32. The normalized spacial score (nSPS) is 15.4. The summed E-state index contributed by atoms with van der Waals surface area (Å²) in [5.74, 6) is -1.01. The van der Waals surface area contributed by atoms with E-state index in [0.717, 1.165) is 23.3 Å². The third-order valence-corrected chi connectivity index (χ3v) is 6.21. The van der Waals surface area contributed by atoms with Gasteiger partial charge in [-0.3, -0.25) is 19.4 Å². The number of hydrogen-bond acceptors (Lipinski definition) is 4. The molecule has 0 saturated carbocycles. The monoisotopic (exact) mass is 510 g/mol. The fraction of sp³-hybridized carbons (Fsp3) is 0.259. The highest BCUT2D eigenvalue weighted by atomic mass is 19.4. The van der Waals surface area contributed by atoms with Gasteiger partial charge in [0.1, 0.15) is 0 Å². The maximum Gasteiger partial charge on any atom is 0.416 e. The molecule has 4 rings (SSSR count). The summed E-state index contributed by atoms with van der Waals surface area (Å²) < 4.78 is 39.0. The second-order valence-corrected chi connectivity index (χ2v) is 8.98. The zero-order valence-corrected chi connectivity index (χ0v) is 20.2. The summed E-state index contributed by atoms with van der Waals surface area (Å²) in [6.45, 7) is 4.22. The van der Waals surface area contributed by atoms with Crippen molar-refractivity contribution in [2.24, 2.45) is 0 Å². The molecule has 10 heteroatoms. The van der Waals surface area contributed by atoms with E-state index in [1.165, 1.54) is 31.5 Å². The number of aromatic nitrogens is 1. The maximum absolute atomic E-state index is 13.1. The maximum atomic E-state index is 13.1. The number of rotatable bonds is 5. The van der Waals surface area contributed by atoms with Crippen LogP contribution in [0.15, 0.2) is 60.9 Å². The van der Waals surface area contributed by atoms with Gasteiger partial charge in [-0.2, -0.15) is 13.2 Å². The van der Waals surface area contributed by atoms with E-state index in [0.29, 0.717) is 36.3 Å². The zero-order chi connectivity index (χ0) is 26.7. The number of pyridine rings is 1. The quantitative estimate of drug-likeness (QED) is 0.491. The van der Waals surface area contributed by atoms with E-state index in [9.17, 15) is 27.6 Å². The van der Waals surface area contributed by atoms with Crippen LogP contribution >= 0.6 is 0 Å². The number of aryl methyl sites for hydroxylation is 1. The number of halogens is 3. The lowest BCUT2D eigenvalue weighted by Gasteiger charge is -2.18. The van der Waals surface area contributed by atoms with Gasteiger partial charge in [-0.1, -0.05) is 12.1 Å². The van der Waals surface area contributed by atoms with Crippen molar-refractivity contribution in [3.8, 4) is 0 Å². The highest BCUT2D eigenvalue weighted by molar-refractivity contribution is 6.04. The van der Waals surface area contributed by atoms with Gasteiger partial charge in [-0.15, -0.1) is 0 Å². The molecule has 3 aromatic rings. The van der Waals surface area contributed by atoms with Crippen LogP contribution in [0.5, 0.6) is 0 Å². The molecule has 1 aliphatic heterocycles. The number of carbonyl (C=O) groups is 3. The van der Waals surface area contributed by atoms with E-state index in [2.05, 4.69) is 15.6 Å². The van der Waals surface area contributed by atoms with E-state index in [4.69, 9.17) is 0 Å². The van der Waals surface area contributed by atoms with E-state index < -0.39 is 17.6 Å². The van der Waals surface area contributed by atoms with Crippen molar-refractivity contribution >= 4 is 29.1 Å². The zero-order valence-electron chi connectivity index (χ0n) is 20.2. The summed E-state index contributed by atoms with van der Waals surface area (Å²) in [6.07, 6.45) is -0.913. The lowest BCUT2D eigenvalue weighted by atomic mass is 9.92. The van der Waals surface area contributed by atoms with Crippen LogP contribution in [0.25, 0.3) is 0 Å². The van der Waals surface area contributed by atoms with Gasteiger partial charge in [-0.05, 0) is 60.9 Å².